The van der Waals surface area contributed by atoms with Gasteiger partial charge in [0.25, 0.3) is 0 Å². The molecule has 1 fully saturated rings. The normalized spacial score (nSPS) is 45.8. The van der Waals surface area contributed by atoms with Gasteiger partial charge in [-0.3, -0.25) is 0 Å². The van der Waals surface area contributed by atoms with Gasteiger partial charge < -0.3 is 14.9 Å². The second-order valence-electron chi connectivity index (χ2n) is 3.37. The molecule has 1 aliphatic rings. The summed E-state index contributed by atoms with van der Waals surface area (Å²) in [5.41, 5.74) is 0. The zero-order valence-corrected chi connectivity index (χ0v) is 7.03. The standard InChI is InChI=1S/C8H16O3/c1-5-3-6(9)4-7(11-2)8(5)10/h5-10H,3-4H2,1-2H3/t5-,6-,7+,8+/m1/s1. The Morgan fingerprint density at radius 2 is 1.91 bits per heavy atom. The number of aliphatic hydroxyl groups is 2. The fourth-order valence-corrected chi connectivity index (χ4v) is 1.67. The minimum atomic E-state index is -0.414. The monoisotopic (exact) mass is 160 g/mol. The molecule has 0 bridgehead atoms. The maximum absolute atomic E-state index is 9.52. The van der Waals surface area contributed by atoms with Crippen LogP contribution >= 0.6 is 0 Å². The van der Waals surface area contributed by atoms with Gasteiger partial charge in [0.1, 0.15) is 0 Å². The van der Waals surface area contributed by atoms with Crippen LogP contribution in [0.4, 0.5) is 0 Å². The van der Waals surface area contributed by atoms with Gasteiger partial charge in [-0.15, -0.1) is 0 Å². The highest BCUT2D eigenvalue weighted by Crippen LogP contribution is 2.26. The average Bonchev–Trinajstić information content (AvgIpc) is 1.96. The van der Waals surface area contributed by atoms with Crippen molar-refractivity contribution in [1.82, 2.24) is 0 Å². The quantitative estimate of drug-likeness (QED) is 0.574. The highest BCUT2D eigenvalue weighted by Gasteiger charge is 2.33. The van der Waals surface area contributed by atoms with Gasteiger partial charge in [-0.1, -0.05) is 6.92 Å². The predicted molar refractivity (Wildman–Crippen MR) is 41.2 cm³/mol. The molecule has 3 heteroatoms. The lowest BCUT2D eigenvalue weighted by atomic mass is 9.84. The van der Waals surface area contributed by atoms with Gasteiger partial charge >= 0.3 is 0 Å². The van der Waals surface area contributed by atoms with Crippen LogP contribution in [0, 0.1) is 5.92 Å². The maximum atomic E-state index is 9.52. The molecular weight excluding hydrogens is 144 g/mol. The van der Waals surface area contributed by atoms with Crippen molar-refractivity contribution in [3.63, 3.8) is 0 Å². The molecule has 2 N–H and O–H groups in total. The van der Waals surface area contributed by atoms with Gasteiger partial charge in [0, 0.05) is 13.5 Å². The van der Waals surface area contributed by atoms with Crippen LogP contribution in [-0.4, -0.2) is 35.6 Å². The summed E-state index contributed by atoms with van der Waals surface area (Å²) in [4.78, 5) is 0. The van der Waals surface area contributed by atoms with Gasteiger partial charge in [-0.05, 0) is 12.3 Å². The molecule has 0 heterocycles. The van der Waals surface area contributed by atoms with E-state index in [2.05, 4.69) is 0 Å². The Balaban J connectivity index is 2.51. The summed E-state index contributed by atoms with van der Waals surface area (Å²) in [6, 6.07) is 0. The molecule has 0 aromatic rings. The van der Waals surface area contributed by atoms with Crippen LogP contribution in [0.15, 0.2) is 0 Å². The zero-order chi connectivity index (χ0) is 8.43. The van der Waals surface area contributed by atoms with E-state index in [4.69, 9.17) is 4.74 Å². The van der Waals surface area contributed by atoms with Crippen molar-refractivity contribution >= 4 is 0 Å². The van der Waals surface area contributed by atoms with E-state index in [9.17, 15) is 10.2 Å². The fourth-order valence-electron chi connectivity index (χ4n) is 1.67. The van der Waals surface area contributed by atoms with Crippen molar-refractivity contribution in [2.75, 3.05) is 7.11 Å². The topological polar surface area (TPSA) is 49.7 Å². The Morgan fingerprint density at radius 1 is 1.27 bits per heavy atom. The van der Waals surface area contributed by atoms with Gasteiger partial charge in [0.2, 0.25) is 0 Å². The minimum Gasteiger partial charge on any atom is -0.393 e. The molecule has 0 spiro atoms. The van der Waals surface area contributed by atoms with Crippen LogP contribution < -0.4 is 0 Å². The first-order valence-electron chi connectivity index (χ1n) is 4.04. The molecule has 0 saturated heterocycles. The number of rotatable bonds is 1. The molecule has 1 saturated carbocycles. The third-order valence-corrected chi connectivity index (χ3v) is 2.41. The lowest BCUT2D eigenvalue weighted by Gasteiger charge is -2.34. The number of hydrogen-bond acceptors (Lipinski definition) is 3. The predicted octanol–water partition coefficient (Wildman–Crippen LogP) is 0.153. The minimum absolute atomic E-state index is 0.142. The van der Waals surface area contributed by atoms with Crippen molar-refractivity contribution in [2.45, 2.75) is 38.1 Å². The molecule has 0 amide bonds. The number of aliphatic hydroxyl groups excluding tert-OH is 2. The summed E-state index contributed by atoms with van der Waals surface area (Å²) in [5, 5.41) is 18.8. The van der Waals surface area contributed by atoms with Crippen molar-refractivity contribution < 1.29 is 14.9 Å². The zero-order valence-electron chi connectivity index (χ0n) is 7.03. The summed E-state index contributed by atoms with van der Waals surface area (Å²) in [7, 11) is 1.57. The maximum Gasteiger partial charge on any atom is 0.0857 e. The van der Waals surface area contributed by atoms with E-state index in [0.29, 0.717) is 12.8 Å². The van der Waals surface area contributed by atoms with E-state index in [1.807, 2.05) is 6.92 Å². The molecule has 3 nitrogen and oxygen atoms in total. The van der Waals surface area contributed by atoms with E-state index in [-0.39, 0.29) is 18.1 Å². The molecule has 11 heavy (non-hydrogen) atoms. The Labute approximate surface area is 67.0 Å². The molecule has 4 atom stereocenters. The number of methoxy groups -OCH3 is 1. The average molecular weight is 160 g/mol. The molecule has 0 unspecified atom stereocenters. The van der Waals surface area contributed by atoms with E-state index >= 15 is 0 Å². The van der Waals surface area contributed by atoms with E-state index in [0.717, 1.165) is 0 Å². The first-order valence-corrected chi connectivity index (χ1v) is 4.04. The van der Waals surface area contributed by atoms with Crippen LogP contribution in [0.1, 0.15) is 19.8 Å². The highest BCUT2D eigenvalue weighted by molar-refractivity contribution is 4.84. The lowest BCUT2D eigenvalue weighted by Crippen LogP contribution is -2.42. The third kappa shape index (κ3) is 1.92. The van der Waals surface area contributed by atoms with Crippen molar-refractivity contribution in [1.29, 1.82) is 0 Å². The second-order valence-corrected chi connectivity index (χ2v) is 3.37. The van der Waals surface area contributed by atoms with Crippen molar-refractivity contribution in [3.8, 4) is 0 Å². The smallest absolute Gasteiger partial charge is 0.0857 e. The van der Waals surface area contributed by atoms with Crippen LogP contribution in [0.3, 0.4) is 0 Å². The van der Waals surface area contributed by atoms with Crippen LogP contribution in [-0.2, 0) is 4.74 Å². The molecule has 1 aliphatic carbocycles. The molecule has 66 valence electrons. The first-order chi connectivity index (χ1) is 5.15. The summed E-state index contributed by atoms with van der Waals surface area (Å²) in [6.07, 6.45) is 0.332. The van der Waals surface area contributed by atoms with Crippen molar-refractivity contribution in [3.05, 3.63) is 0 Å². The summed E-state index contributed by atoms with van der Waals surface area (Å²) >= 11 is 0. The molecule has 0 aromatic heterocycles. The fraction of sp³-hybridized carbons (Fsp3) is 1.00. The lowest BCUT2D eigenvalue weighted by molar-refractivity contribution is -0.0953. The number of hydrogen-bond donors (Lipinski definition) is 2. The second kappa shape index (κ2) is 3.52. The van der Waals surface area contributed by atoms with Gasteiger partial charge in [-0.2, -0.15) is 0 Å². The highest BCUT2D eigenvalue weighted by atomic mass is 16.5. The molecule has 1 rings (SSSR count). The Bertz CT molecular complexity index is 127. The SMILES string of the molecule is CO[C@H]1C[C@H](O)C[C@@H](C)[C@@H]1O. The van der Waals surface area contributed by atoms with E-state index in [1.165, 1.54) is 0 Å². The molecule has 0 aliphatic heterocycles. The summed E-state index contributed by atoms with van der Waals surface area (Å²) in [6.45, 7) is 1.93. The largest absolute Gasteiger partial charge is 0.393 e. The van der Waals surface area contributed by atoms with Gasteiger partial charge in [-0.25, -0.2) is 0 Å². The number of ether oxygens (including phenoxy) is 1. The third-order valence-electron chi connectivity index (χ3n) is 2.41. The van der Waals surface area contributed by atoms with Crippen LogP contribution in [0.5, 0.6) is 0 Å². The van der Waals surface area contributed by atoms with E-state index in [1.54, 1.807) is 7.11 Å². The van der Waals surface area contributed by atoms with Gasteiger partial charge in [0.05, 0.1) is 18.3 Å². The first kappa shape index (κ1) is 8.97. The summed E-state index contributed by atoms with van der Waals surface area (Å²) in [5.74, 6) is 0.142. The van der Waals surface area contributed by atoms with Crippen molar-refractivity contribution in [2.24, 2.45) is 5.92 Å². The van der Waals surface area contributed by atoms with E-state index < -0.39 is 6.10 Å². The van der Waals surface area contributed by atoms with Crippen LogP contribution in [0.2, 0.25) is 0 Å². The van der Waals surface area contributed by atoms with Crippen LogP contribution in [0.25, 0.3) is 0 Å². The Kier molecular flexibility index (Phi) is 2.87. The Hall–Kier alpha value is -0.120. The Morgan fingerprint density at radius 3 is 2.45 bits per heavy atom. The molecular formula is C8H16O3. The van der Waals surface area contributed by atoms with Gasteiger partial charge in [0.15, 0.2) is 0 Å². The summed E-state index contributed by atoms with van der Waals surface area (Å²) < 4.78 is 5.03. The molecule has 0 aromatic carbocycles. The molecule has 0 radical (unpaired) electrons.